The Labute approximate surface area is 125 Å². The lowest BCUT2D eigenvalue weighted by molar-refractivity contribution is 0.185. The molecule has 0 saturated heterocycles. The lowest BCUT2D eigenvalue weighted by Gasteiger charge is -2.09. The van der Waals surface area contributed by atoms with E-state index in [0.29, 0.717) is 11.1 Å². The quantitative estimate of drug-likeness (QED) is 0.782. The third kappa shape index (κ3) is 3.39. The highest BCUT2D eigenvalue weighted by Crippen LogP contribution is 2.24. The van der Waals surface area contributed by atoms with Crippen LogP contribution < -0.4 is 0 Å². The normalized spacial score (nSPS) is 11.8. The van der Waals surface area contributed by atoms with Gasteiger partial charge in [-0.2, -0.15) is 0 Å². The molecule has 0 aliphatic rings. The van der Waals surface area contributed by atoms with Gasteiger partial charge in [0, 0.05) is 23.4 Å². The second kappa shape index (κ2) is 6.08. The summed E-state index contributed by atoms with van der Waals surface area (Å²) in [6.45, 7) is 2.06. The molecule has 0 spiro atoms. The number of benzene rings is 1. The number of nitrogens with zero attached hydrogens (tertiary/aromatic N) is 3. The SMILES string of the molecule is COCCn1c(-c2ccc(F)c(C)c2)nnc1S(=O)(=O)Cl. The van der Waals surface area contributed by atoms with Gasteiger partial charge < -0.3 is 4.74 Å². The largest absolute Gasteiger partial charge is 0.383 e. The number of halogens is 2. The van der Waals surface area contributed by atoms with Crippen LogP contribution >= 0.6 is 10.7 Å². The van der Waals surface area contributed by atoms with Crippen LogP contribution in [0, 0.1) is 12.7 Å². The van der Waals surface area contributed by atoms with Crippen LogP contribution in [-0.4, -0.2) is 36.9 Å². The predicted molar refractivity (Wildman–Crippen MR) is 75.1 cm³/mol. The van der Waals surface area contributed by atoms with Crippen LogP contribution in [0.25, 0.3) is 11.4 Å². The van der Waals surface area contributed by atoms with Gasteiger partial charge in [-0.3, -0.25) is 4.57 Å². The van der Waals surface area contributed by atoms with Crippen molar-refractivity contribution >= 4 is 19.7 Å². The monoisotopic (exact) mass is 333 g/mol. The third-order valence-electron chi connectivity index (χ3n) is 2.87. The van der Waals surface area contributed by atoms with Gasteiger partial charge in [0.05, 0.1) is 13.2 Å². The molecule has 0 amide bonds. The zero-order valence-corrected chi connectivity index (χ0v) is 12.9. The molecular weight excluding hydrogens is 321 g/mol. The molecule has 0 aliphatic heterocycles. The molecule has 6 nitrogen and oxygen atoms in total. The van der Waals surface area contributed by atoms with Crippen LogP contribution in [0.1, 0.15) is 5.56 Å². The van der Waals surface area contributed by atoms with Crippen LogP contribution in [0.5, 0.6) is 0 Å². The Hall–Kier alpha value is -1.51. The van der Waals surface area contributed by atoms with Gasteiger partial charge in [-0.1, -0.05) is 0 Å². The summed E-state index contributed by atoms with van der Waals surface area (Å²) in [6.07, 6.45) is 0. The third-order valence-corrected chi connectivity index (χ3v) is 4.02. The second-order valence-electron chi connectivity index (χ2n) is 4.35. The summed E-state index contributed by atoms with van der Waals surface area (Å²) in [5, 5.41) is 7.10. The molecule has 2 rings (SSSR count). The topological polar surface area (TPSA) is 74.1 Å². The van der Waals surface area contributed by atoms with E-state index in [4.69, 9.17) is 15.4 Å². The van der Waals surface area contributed by atoms with Crippen molar-refractivity contribution in [3.05, 3.63) is 29.6 Å². The summed E-state index contributed by atoms with van der Waals surface area (Å²) in [6, 6.07) is 4.35. The number of ether oxygens (including phenoxy) is 1. The van der Waals surface area contributed by atoms with Crippen molar-refractivity contribution < 1.29 is 17.5 Å². The van der Waals surface area contributed by atoms with Gasteiger partial charge >= 0.3 is 0 Å². The van der Waals surface area contributed by atoms with Crippen molar-refractivity contribution in [2.75, 3.05) is 13.7 Å². The van der Waals surface area contributed by atoms with Gasteiger partial charge in [0.2, 0.25) is 0 Å². The highest BCUT2D eigenvalue weighted by molar-refractivity contribution is 8.13. The summed E-state index contributed by atoms with van der Waals surface area (Å²) in [7, 11) is 2.80. The highest BCUT2D eigenvalue weighted by Gasteiger charge is 2.23. The van der Waals surface area contributed by atoms with E-state index in [1.54, 1.807) is 13.0 Å². The zero-order valence-electron chi connectivity index (χ0n) is 11.4. The Morgan fingerprint density at radius 3 is 2.67 bits per heavy atom. The Morgan fingerprint density at radius 1 is 1.38 bits per heavy atom. The van der Waals surface area contributed by atoms with Crippen LogP contribution in [-0.2, 0) is 20.3 Å². The number of aromatic nitrogens is 3. The summed E-state index contributed by atoms with van der Waals surface area (Å²) >= 11 is 0. The van der Waals surface area contributed by atoms with E-state index < -0.39 is 9.05 Å². The molecule has 0 fully saturated rings. The molecule has 1 aromatic heterocycles. The first-order chi connectivity index (χ1) is 9.84. The van der Waals surface area contributed by atoms with E-state index in [-0.39, 0.29) is 29.9 Å². The number of methoxy groups -OCH3 is 1. The first-order valence-corrected chi connectivity index (χ1v) is 8.29. The molecule has 0 saturated carbocycles. The fraction of sp³-hybridized carbons (Fsp3) is 0.333. The van der Waals surface area contributed by atoms with Gasteiger partial charge in [0.15, 0.2) is 5.82 Å². The van der Waals surface area contributed by atoms with Crippen LogP contribution in [0.2, 0.25) is 0 Å². The van der Waals surface area contributed by atoms with Gasteiger partial charge in [0.25, 0.3) is 14.2 Å². The van der Waals surface area contributed by atoms with Gasteiger partial charge in [-0.15, -0.1) is 10.2 Å². The fourth-order valence-corrected chi connectivity index (χ4v) is 2.77. The molecule has 2 aromatic rings. The number of aryl methyl sites for hydroxylation is 1. The summed E-state index contributed by atoms with van der Waals surface area (Å²) in [4.78, 5) is 0. The van der Waals surface area contributed by atoms with Crippen LogP contribution in [0.15, 0.2) is 23.4 Å². The molecule has 1 aromatic carbocycles. The highest BCUT2D eigenvalue weighted by atomic mass is 35.7. The molecule has 1 heterocycles. The number of hydrogen-bond donors (Lipinski definition) is 0. The van der Waals surface area contributed by atoms with Crippen molar-refractivity contribution in [1.82, 2.24) is 14.8 Å². The van der Waals surface area contributed by atoms with E-state index >= 15 is 0 Å². The average Bonchev–Trinajstić information content (AvgIpc) is 2.83. The molecule has 0 unspecified atom stereocenters. The van der Waals surface area contributed by atoms with Crippen LogP contribution in [0.4, 0.5) is 4.39 Å². The minimum absolute atomic E-state index is 0.205. The van der Waals surface area contributed by atoms with E-state index in [1.165, 1.54) is 23.8 Å². The summed E-state index contributed by atoms with van der Waals surface area (Å²) < 4.78 is 42.7. The molecule has 0 aliphatic carbocycles. The maximum Gasteiger partial charge on any atom is 0.296 e. The van der Waals surface area contributed by atoms with Crippen molar-refractivity contribution in [2.45, 2.75) is 18.6 Å². The Morgan fingerprint density at radius 2 is 2.10 bits per heavy atom. The van der Waals surface area contributed by atoms with Gasteiger partial charge in [0.1, 0.15) is 5.82 Å². The van der Waals surface area contributed by atoms with E-state index in [1.807, 2.05) is 0 Å². The van der Waals surface area contributed by atoms with Gasteiger partial charge in [-0.05, 0) is 30.7 Å². The molecule has 114 valence electrons. The Balaban J connectivity index is 2.57. The molecule has 9 heteroatoms. The van der Waals surface area contributed by atoms with Crippen molar-refractivity contribution in [1.29, 1.82) is 0 Å². The second-order valence-corrected chi connectivity index (χ2v) is 6.81. The molecule has 0 bridgehead atoms. The van der Waals surface area contributed by atoms with Crippen LogP contribution in [0.3, 0.4) is 0 Å². The standard InChI is InChI=1S/C12H13ClFN3O3S/c1-8-7-9(3-4-10(8)14)11-15-16-12(21(13,18)19)17(11)5-6-20-2/h3-4,7H,5-6H2,1-2H3. The first-order valence-electron chi connectivity index (χ1n) is 5.98. The smallest absolute Gasteiger partial charge is 0.296 e. The predicted octanol–water partition coefficient (Wildman–Crippen LogP) is 1.97. The molecule has 0 atom stereocenters. The molecule has 21 heavy (non-hydrogen) atoms. The van der Waals surface area contributed by atoms with Crippen molar-refractivity contribution in [3.63, 3.8) is 0 Å². The summed E-state index contributed by atoms with van der Waals surface area (Å²) in [5.41, 5.74) is 0.966. The minimum atomic E-state index is -4.04. The minimum Gasteiger partial charge on any atom is -0.383 e. The van der Waals surface area contributed by atoms with Crippen molar-refractivity contribution in [2.24, 2.45) is 0 Å². The van der Waals surface area contributed by atoms with E-state index in [0.717, 1.165) is 0 Å². The number of hydrogen-bond acceptors (Lipinski definition) is 5. The van der Waals surface area contributed by atoms with Crippen molar-refractivity contribution in [3.8, 4) is 11.4 Å². The van der Waals surface area contributed by atoms with E-state index in [9.17, 15) is 12.8 Å². The lowest BCUT2D eigenvalue weighted by atomic mass is 10.1. The Kier molecular flexibility index (Phi) is 4.60. The molecular formula is C12H13ClFN3O3S. The molecule has 0 radical (unpaired) electrons. The fourth-order valence-electron chi connectivity index (χ4n) is 1.85. The first kappa shape index (κ1) is 15.9. The molecule has 0 N–H and O–H groups in total. The maximum absolute atomic E-state index is 13.3. The maximum atomic E-state index is 13.3. The summed E-state index contributed by atoms with van der Waals surface area (Å²) in [5.74, 6) is -0.0683. The van der Waals surface area contributed by atoms with E-state index in [2.05, 4.69) is 10.2 Å². The zero-order chi connectivity index (χ0) is 15.6. The lowest BCUT2D eigenvalue weighted by Crippen LogP contribution is -2.11. The Bertz CT molecular complexity index is 761. The number of rotatable bonds is 5. The van der Waals surface area contributed by atoms with Gasteiger partial charge in [-0.25, -0.2) is 12.8 Å². The average molecular weight is 334 g/mol.